The lowest BCUT2D eigenvalue weighted by molar-refractivity contribution is 0.200. The van der Waals surface area contributed by atoms with Gasteiger partial charge in [0.15, 0.2) is 0 Å². The van der Waals surface area contributed by atoms with Gasteiger partial charge in [-0.3, -0.25) is 0 Å². The van der Waals surface area contributed by atoms with Crippen molar-refractivity contribution in [3.05, 3.63) is 34.3 Å². The van der Waals surface area contributed by atoms with Gasteiger partial charge in [-0.15, -0.1) is 0 Å². The predicted octanol–water partition coefficient (Wildman–Crippen LogP) is 2.47. The van der Waals surface area contributed by atoms with Crippen molar-refractivity contribution in [3.8, 4) is 0 Å². The molecule has 3 N–H and O–H groups in total. The highest BCUT2D eigenvalue weighted by atomic mass is 79.9. The van der Waals surface area contributed by atoms with E-state index in [1.54, 1.807) is 0 Å². The van der Waals surface area contributed by atoms with E-state index in [1.165, 1.54) is 0 Å². The molecule has 1 aromatic carbocycles. The van der Waals surface area contributed by atoms with Crippen LogP contribution in [0.2, 0.25) is 0 Å². The predicted molar refractivity (Wildman–Crippen MR) is 61.9 cm³/mol. The van der Waals surface area contributed by atoms with Crippen LogP contribution in [0.1, 0.15) is 24.9 Å². The summed E-state index contributed by atoms with van der Waals surface area (Å²) in [6.07, 6.45) is 0.888. The van der Waals surface area contributed by atoms with E-state index < -0.39 is 0 Å². The third-order valence-corrected chi connectivity index (χ3v) is 3.25. The van der Waals surface area contributed by atoms with Crippen LogP contribution < -0.4 is 5.73 Å². The summed E-state index contributed by atoms with van der Waals surface area (Å²) in [5.74, 6) is 0.133. The Morgan fingerprint density at radius 3 is 2.57 bits per heavy atom. The van der Waals surface area contributed by atoms with Crippen LogP contribution in [0, 0.1) is 5.92 Å². The van der Waals surface area contributed by atoms with Crippen LogP contribution >= 0.6 is 15.9 Å². The molecule has 2 nitrogen and oxygen atoms in total. The number of halogens is 1. The molecule has 1 aromatic rings. The van der Waals surface area contributed by atoms with E-state index in [2.05, 4.69) is 15.9 Å². The Bertz CT molecular complexity index is 286. The Morgan fingerprint density at radius 2 is 2.07 bits per heavy atom. The van der Waals surface area contributed by atoms with Gasteiger partial charge in [0.2, 0.25) is 0 Å². The topological polar surface area (TPSA) is 46.2 Å². The largest absolute Gasteiger partial charge is 0.396 e. The average Bonchev–Trinajstić information content (AvgIpc) is 2.20. The molecule has 0 aliphatic heterocycles. The molecule has 0 fully saturated rings. The SMILES string of the molecule is CCC(CO)C(N)c1ccccc1Br. The molecule has 0 radical (unpaired) electrons. The molecule has 2 atom stereocenters. The van der Waals surface area contributed by atoms with Gasteiger partial charge in [-0.05, 0) is 18.1 Å². The smallest absolute Gasteiger partial charge is 0.0477 e. The number of hydrogen-bond acceptors (Lipinski definition) is 2. The first-order valence-electron chi connectivity index (χ1n) is 4.81. The Morgan fingerprint density at radius 1 is 1.43 bits per heavy atom. The maximum atomic E-state index is 9.15. The summed E-state index contributed by atoms with van der Waals surface area (Å²) in [5, 5.41) is 9.15. The van der Waals surface area contributed by atoms with Crippen LogP contribution in [0.5, 0.6) is 0 Å². The quantitative estimate of drug-likeness (QED) is 0.871. The van der Waals surface area contributed by atoms with Crippen molar-refractivity contribution in [3.63, 3.8) is 0 Å². The van der Waals surface area contributed by atoms with Gasteiger partial charge in [-0.1, -0.05) is 41.1 Å². The monoisotopic (exact) mass is 257 g/mol. The molecule has 0 saturated carbocycles. The Balaban J connectivity index is 2.88. The van der Waals surface area contributed by atoms with E-state index in [0.717, 1.165) is 16.5 Å². The summed E-state index contributed by atoms with van der Waals surface area (Å²) < 4.78 is 1.01. The van der Waals surface area contributed by atoms with Gasteiger partial charge in [0, 0.05) is 23.0 Å². The number of aliphatic hydroxyl groups excluding tert-OH is 1. The summed E-state index contributed by atoms with van der Waals surface area (Å²) in [5.41, 5.74) is 7.13. The lowest BCUT2D eigenvalue weighted by Gasteiger charge is -2.21. The zero-order valence-corrected chi connectivity index (χ0v) is 9.87. The third kappa shape index (κ3) is 2.56. The van der Waals surface area contributed by atoms with E-state index in [-0.39, 0.29) is 18.6 Å². The van der Waals surface area contributed by atoms with Gasteiger partial charge < -0.3 is 10.8 Å². The molecule has 0 spiro atoms. The van der Waals surface area contributed by atoms with Gasteiger partial charge in [-0.2, -0.15) is 0 Å². The molecule has 2 unspecified atom stereocenters. The molecule has 78 valence electrons. The minimum Gasteiger partial charge on any atom is -0.396 e. The van der Waals surface area contributed by atoms with Crippen LogP contribution in [0.4, 0.5) is 0 Å². The van der Waals surface area contributed by atoms with Crippen molar-refractivity contribution in [1.82, 2.24) is 0 Å². The molecule has 0 aromatic heterocycles. The highest BCUT2D eigenvalue weighted by molar-refractivity contribution is 9.10. The molecule has 0 amide bonds. The molecule has 14 heavy (non-hydrogen) atoms. The van der Waals surface area contributed by atoms with Crippen LogP contribution in [0.3, 0.4) is 0 Å². The summed E-state index contributed by atoms with van der Waals surface area (Å²) in [6.45, 7) is 2.18. The van der Waals surface area contributed by atoms with Crippen LogP contribution in [0.15, 0.2) is 28.7 Å². The van der Waals surface area contributed by atoms with E-state index in [9.17, 15) is 0 Å². The molecular formula is C11H16BrNO. The standard InChI is InChI=1S/C11H16BrNO/c1-2-8(7-14)11(13)9-5-3-4-6-10(9)12/h3-6,8,11,14H,2,7,13H2,1H3. The van der Waals surface area contributed by atoms with Crippen molar-refractivity contribution in [1.29, 1.82) is 0 Å². The highest BCUT2D eigenvalue weighted by Crippen LogP contribution is 2.27. The summed E-state index contributed by atoms with van der Waals surface area (Å²) in [7, 11) is 0. The van der Waals surface area contributed by atoms with Crippen molar-refractivity contribution in [2.75, 3.05) is 6.61 Å². The maximum absolute atomic E-state index is 9.15. The maximum Gasteiger partial charge on any atom is 0.0477 e. The summed E-state index contributed by atoms with van der Waals surface area (Å²) in [4.78, 5) is 0. The van der Waals surface area contributed by atoms with E-state index in [1.807, 2.05) is 31.2 Å². The van der Waals surface area contributed by atoms with Crippen molar-refractivity contribution >= 4 is 15.9 Å². The van der Waals surface area contributed by atoms with Crippen molar-refractivity contribution < 1.29 is 5.11 Å². The first kappa shape index (κ1) is 11.7. The van der Waals surface area contributed by atoms with Crippen LogP contribution in [-0.2, 0) is 0 Å². The zero-order chi connectivity index (χ0) is 10.6. The third-order valence-electron chi connectivity index (χ3n) is 2.53. The number of aliphatic hydroxyl groups is 1. The van der Waals surface area contributed by atoms with Crippen LogP contribution in [0.25, 0.3) is 0 Å². The zero-order valence-electron chi connectivity index (χ0n) is 8.28. The summed E-state index contributed by atoms with van der Waals surface area (Å²) in [6, 6.07) is 7.79. The molecule has 0 bridgehead atoms. The first-order chi connectivity index (χ1) is 6.70. The fourth-order valence-electron chi connectivity index (χ4n) is 1.50. The minimum atomic E-state index is -0.0967. The van der Waals surface area contributed by atoms with Gasteiger partial charge in [0.05, 0.1) is 0 Å². The fraction of sp³-hybridized carbons (Fsp3) is 0.455. The number of benzene rings is 1. The van der Waals surface area contributed by atoms with Gasteiger partial charge in [-0.25, -0.2) is 0 Å². The van der Waals surface area contributed by atoms with Gasteiger partial charge >= 0.3 is 0 Å². The molecule has 3 heteroatoms. The van der Waals surface area contributed by atoms with E-state index >= 15 is 0 Å². The van der Waals surface area contributed by atoms with Crippen molar-refractivity contribution in [2.45, 2.75) is 19.4 Å². The second kappa shape index (κ2) is 5.49. The Kier molecular flexibility index (Phi) is 4.58. The molecule has 0 heterocycles. The number of hydrogen-bond donors (Lipinski definition) is 2. The van der Waals surface area contributed by atoms with E-state index in [4.69, 9.17) is 10.8 Å². The van der Waals surface area contributed by atoms with Gasteiger partial charge in [0.1, 0.15) is 0 Å². The molecule has 0 aliphatic rings. The average molecular weight is 258 g/mol. The minimum absolute atomic E-state index is 0.0967. The van der Waals surface area contributed by atoms with Crippen LogP contribution in [-0.4, -0.2) is 11.7 Å². The van der Waals surface area contributed by atoms with Gasteiger partial charge in [0.25, 0.3) is 0 Å². The normalized spacial score (nSPS) is 15.1. The lowest BCUT2D eigenvalue weighted by Crippen LogP contribution is -2.24. The second-order valence-electron chi connectivity index (χ2n) is 3.40. The Hall–Kier alpha value is -0.380. The fourth-order valence-corrected chi connectivity index (χ4v) is 2.05. The molecular weight excluding hydrogens is 242 g/mol. The second-order valence-corrected chi connectivity index (χ2v) is 4.25. The van der Waals surface area contributed by atoms with Crippen molar-refractivity contribution in [2.24, 2.45) is 11.7 Å². The molecule has 1 rings (SSSR count). The van der Waals surface area contributed by atoms with E-state index in [0.29, 0.717) is 0 Å². The number of rotatable bonds is 4. The lowest BCUT2D eigenvalue weighted by atomic mass is 9.92. The molecule has 0 aliphatic carbocycles. The first-order valence-corrected chi connectivity index (χ1v) is 5.60. The Labute approximate surface area is 93.3 Å². The summed E-state index contributed by atoms with van der Waals surface area (Å²) >= 11 is 3.46. The number of nitrogens with two attached hydrogens (primary N) is 1. The molecule has 0 saturated heterocycles. The highest BCUT2D eigenvalue weighted by Gasteiger charge is 2.18.